The molecule has 2 aromatic carbocycles. The molecule has 0 saturated carbocycles. The van der Waals surface area contributed by atoms with Gasteiger partial charge >= 0.3 is 0 Å². The Hall–Kier alpha value is -1.94. The van der Waals surface area contributed by atoms with Crippen LogP contribution >= 0.6 is 0 Å². The Morgan fingerprint density at radius 2 is 2.05 bits per heavy atom. The van der Waals surface area contributed by atoms with E-state index in [1.807, 2.05) is 18.2 Å². The molecule has 3 rings (SSSR count). The molecule has 0 radical (unpaired) electrons. The van der Waals surface area contributed by atoms with E-state index in [0.29, 0.717) is 12.2 Å². The first kappa shape index (κ1) is 13.1. The van der Waals surface area contributed by atoms with Crippen molar-refractivity contribution in [1.29, 1.82) is 0 Å². The Morgan fingerprint density at radius 1 is 1.20 bits per heavy atom. The van der Waals surface area contributed by atoms with Gasteiger partial charge < -0.3 is 10.5 Å². The lowest BCUT2D eigenvalue weighted by Gasteiger charge is -2.14. The van der Waals surface area contributed by atoms with E-state index in [0.717, 1.165) is 29.4 Å². The molecule has 1 aliphatic heterocycles. The predicted molar refractivity (Wildman–Crippen MR) is 72.6 cm³/mol. The highest BCUT2D eigenvalue weighted by atomic mass is 19.2. The van der Waals surface area contributed by atoms with E-state index in [1.165, 1.54) is 6.07 Å². The molecule has 1 heterocycles. The highest BCUT2D eigenvalue weighted by Gasteiger charge is 2.17. The molecule has 20 heavy (non-hydrogen) atoms. The third kappa shape index (κ3) is 2.39. The molecule has 1 unspecified atom stereocenters. The minimum Gasteiger partial charge on any atom is -0.493 e. The number of rotatable bonds is 3. The van der Waals surface area contributed by atoms with Gasteiger partial charge in [0.05, 0.1) is 6.61 Å². The number of hydrogen-bond donors (Lipinski definition) is 1. The summed E-state index contributed by atoms with van der Waals surface area (Å²) < 4.78 is 32.3. The summed E-state index contributed by atoms with van der Waals surface area (Å²) in [6.07, 6.45) is 1.13. The third-order valence-electron chi connectivity index (χ3n) is 3.61. The van der Waals surface area contributed by atoms with Crippen molar-refractivity contribution in [2.24, 2.45) is 5.73 Å². The highest BCUT2D eigenvalue weighted by molar-refractivity contribution is 5.41. The van der Waals surface area contributed by atoms with Gasteiger partial charge in [0.15, 0.2) is 11.6 Å². The maximum Gasteiger partial charge on any atom is 0.162 e. The van der Waals surface area contributed by atoms with Crippen LogP contribution in [0.2, 0.25) is 0 Å². The molecule has 4 heteroatoms. The van der Waals surface area contributed by atoms with Gasteiger partial charge in [-0.25, -0.2) is 8.78 Å². The Labute approximate surface area is 116 Å². The van der Waals surface area contributed by atoms with Gasteiger partial charge in [-0.2, -0.15) is 0 Å². The van der Waals surface area contributed by atoms with Crippen molar-refractivity contribution < 1.29 is 13.5 Å². The molecule has 1 aliphatic rings. The van der Waals surface area contributed by atoms with Crippen LogP contribution in [-0.2, 0) is 12.8 Å². The number of nitrogens with two attached hydrogens (primary N) is 1. The number of benzene rings is 2. The fourth-order valence-electron chi connectivity index (χ4n) is 2.50. The van der Waals surface area contributed by atoms with E-state index in [4.69, 9.17) is 10.5 Å². The van der Waals surface area contributed by atoms with Gasteiger partial charge in [-0.05, 0) is 35.2 Å². The fourth-order valence-corrected chi connectivity index (χ4v) is 2.50. The predicted octanol–water partition coefficient (Wildman–Crippen LogP) is 3.14. The van der Waals surface area contributed by atoms with Crippen molar-refractivity contribution in [1.82, 2.24) is 0 Å². The Balaban J connectivity index is 1.82. The van der Waals surface area contributed by atoms with E-state index >= 15 is 0 Å². The topological polar surface area (TPSA) is 35.2 Å². The van der Waals surface area contributed by atoms with E-state index in [1.54, 1.807) is 6.07 Å². The zero-order valence-electron chi connectivity index (χ0n) is 10.9. The summed E-state index contributed by atoms with van der Waals surface area (Å²) in [5, 5.41) is 0. The lowest BCUT2D eigenvalue weighted by Crippen LogP contribution is -2.14. The first-order chi connectivity index (χ1) is 9.65. The lowest BCUT2D eigenvalue weighted by atomic mass is 9.97. The molecule has 2 aromatic rings. The quantitative estimate of drug-likeness (QED) is 0.934. The Kier molecular flexibility index (Phi) is 3.40. The summed E-state index contributed by atoms with van der Waals surface area (Å²) in [5.41, 5.74) is 8.45. The van der Waals surface area contributed by atoms with Crippen molar-refractivity contribution in [3.05, 3.63) is 64.7 Å². The third-order valence-corrected chi connectivity index (χ3v) is 3.61. The molecule has 0 fully saturated rings. The molecule has 0 bridgehead atoms. The Bertz CT molecular complexity index is 642. The fraction of sp³-hybridized carbons (Fsp3) is 0.250. The molecule has 0 spiro atoms. The van der Waals surface area contributed by atoms with Crippen molar-refractivity contribution in [3.63, 3.8) is 0 Å². The maximum atomic E-state index is 13.6. The van der Waals surface area contributed by atoms with Crippen LogP contribution in [0.25, 0.3) is 0 Å². The number of hydrogen-bond acceptors (Lipinski definition) is 2. The molecule has 1 atom stereocenters. The summed E-state index contributed by atoms with van der Waals surface area (Å²) >= 11 is 0. The van der Waals surface area contributed by atoms with Crippen molar-refractivity contribution in [2.75, 3.05) is 6.61 Å². The lowest BCUT2D eigenvalue weighted by molar-refractivity contribution is 0.357. The van der Waals surface area contributed by atoms with Crippen LogP contribution in [0.4, 0.5) is 8.78 Å². The molecular formula is C16H15F2NO. The minimum absolute atomic E-state index is 0.267. The molecule has 0 aromatic heterocycles. The number of ether oxygens (including phenoxy) is 1. The van der Waals surface area contributed by atoms with E-state index < -0.39 is 11.6 Å². The van der Waals surface area contributed by atoms with Gasteiger partial charge in [-0.3, -0.25) is 0 Å². The average molecular weight is 275 g/mol. The summed E-state index contributed by atoms with van der Waals surface area (Å²) in [4.78, 5) is 0. The largest absolute Gasteiger partial charge is 0.493 e. The number of halogens is 2. The second-order valence-corrected chi connectivity index (χ2v) is 4.99. The normalized spacial score (nSPS) is 14.8. The SMILES string of the molecule is NC(Cc1cccc(F)c1F)c1ccc2c(c1)CCO2. The average Bonchev–Trinajstić information content (AvgIpc) is 2.91. The van der Waals surface area contributed by atoms with Crippen LogP contribution in [-0.4, -0.2) is 6.61 Å². The van der Waals surface area contributed by atoms with E-state index in [2.05, 4.69) is 0 Å². The molecule has 104 valence electrons. The van der Waals surface area contributed by atoms with Crippen LogP contribution in [0, 0.1) is 11.6 Å². The second-order valence-electron chi connectivity index (χ2n) is 4.99. The van der Waals surface area contributed by atoms with E-state index in [9.17, 15) is 8.78 Å². The molecule has 2 nitrogen and oxygen atoms in total. The van der Waals surface area contributed by atoms with Gasteiger partial charge in [-0.15, -0.1) is 0 Å². The second kappa shape index (κ2) is 5.21. The molecule has 2 N–H and O–H groups in total. The number of fused-ring (bicyclic) bond motifs is 1. The van der Waals surface area contributed by atoms with Crippen LogP contribution in [0.15, 0.2) is 36.4 Å². The van der Waals surface area contributed by atoms with Crippen LogP contribution in [0.1, 0.15) is 22.7 Å². The molecular weight excluding hydrogens is 260 g/mol. The minimum atomic E-state index is -0.836. The molecule has 0 saturated heterocycles. The van der Waals surface area contributed by atoms with Crippen LogP contribution in [0.3, 0.4) is 0 Å². The van der Waals surface area contributed by atoms with Gasteiger partial charge in [0.2, 0.25) is 0 Å². The van der Waals surface area contributed by atoms with E-state index in [-0.39, 0.29) is 12.5 Å². The zero-order valence-corrected chi connectivity index (χ0v) is 10.9. The highest BCUT2D eigenvalue weighted by Crippen LogP contribution is 2.29. The van der Waals surface area contributed by atoms with Crippen molar-refractivity contribution in [3.8, 4) is 5.75 Å². The maximum absolute atomic E-state index is 13.6. The smallest absolute Gasteiger partial charge is 0.162 e. The van der Waals surface area contributed by atoms with Crippen molar-refractivity contribution in [2.45, 2.75) is 18.9 Å². The van der Waals surface area contributed by atoms with Crippen LogP contribution < -0.4 is 10.5 Å². The summed E-state index contributed by atoms with van der Waals surface area (Å²) in [6, 6.07) is 9.57. The first-order valence-corrected chi connectivity index (χ1v) is 6.59. The molecule has 0 amide bonds. The summed E-state index contributed by atoms with van der Waals surface area (Å²) in [5.74, 6) is -0.762. The summed E-state index contributed by atoms with van der Waals surface area (Å²) in [6.45, 7) is 0.687. The monoisotopic (exact) mass is 275 g/mol. The van der Waals surface area contributed by atoms with Gasteiger partial charge in [0, 0.05) is 12.5 Å². The van der Waals surface area contributed by atoms with Gasteiger partial charge in [0.25, 0.3) is 0 Å². The first-order valence-electron chi connectivity index (χ1n) is 6.59. The standard InChI is InChI=1S/C16H15F2NO/c17-13-3-1-2-12(16(13)18)9-14(19)10-4-5-15-11(8-10)6-7-20-15/h1-5,8,14H,6-7,9,19H2. The summed E-state index contributed by atoms with van der Waals surface area (Å²) in [7, 11) is 0. The van der Waals surface area contributed by atoms with Crippen LogP contribution in [0.5, 0.6) is 5.75 Å². The van der Waals surface area contributed by atoms with Gasteiger partial charge in [0.1, 0.15) is 5.75 Å². The molecule has 0 aliphatic carbocycles. The van der Waals surface area contributed by atoms with Crippen molar-refractivity contribution >= 4 is 0 Å². The Morgan fingerprint density at radius 3 is 2.90 bits per heavy atom. The van der Waals surface area contributed by atoms with Gasteiger partial charge in [-0.1, -0.05) is 24.3 Å². The zero-order chi connectivity index (χ0) is 14.1.